The van der Waals surface area contributed by atoms with E-state index in [-0.39, 0.29) is 18.7 Å². The summed E-state index contributed by atoms with van der Waals surface area (Å²) in [6.45, 7) is 2.17. The largest absolute Gasteiger partial charge is 0.480 e. The summed E-state index contributed by atoms with van der Waals surface area (Å²) in [5, 5.41) is 11.4. The van der Waals surface area contributed by atoms with E-state index >= 15 is 0 Å². The van der Waals surface area contributed by atoms with Gasteiger partial charge in [0, 0.05) is 12.8 Å². The fourth-order valence-electron chi connectivity index (χ4n) is 2.05. The first kappa shape index (κ1) is 19.4. The van der Waals surface area contributed by atoms with E-state index in [2.05, 4.69) is 12.2 Å². The molecule has 0 aliphatic rings. The molecule has 122 valence electrons. The van der Waals surface area contributed by atoms with Gasteiger partial charge in [-0.3, -0.25) is 9.59 Å². The molecule has 0 bridgehead atoms. The lowest BCUT2D eigenvalue weighted by Crippen LogP contribution is -2.41. The van der Waals surface area contributed by atoms with E-state index in [1.54, 1.807) is 0 Å². The Morgan fingerprint density at radius 3 is 2.10 bits per heavy atom. The number of nitrogens with two attached hydrogens (primary N) is 1. The maximum Gasteiger partial charge on any atom is 0.326 e. The van der Waals surface area contributed by atoms with E-state index in [4.69, 9.17) is 10.8 Å². The highest BCUT2D eigenvalue weighted by Crippen LogP contribution is 2.08. The van der Waals surface area contributed by atoms with Gasteiger partial charge in [-0.2, -0.15) is 0 Å². The number of carbonyl (C=O) groups excluding carboxylic acids is 2. The first-order valence-electron chi connectivity index (χ1n) is 7.77. The van der Waals surface area contributed by atoms with Crippen LogP contribution in [0.3, 0.4) is 0 Å². The zero-order valence-corrected chi connectivity index (χ0v) is 12.9. The molecule has 6 heteroatoms. The summed E-state index contributed by atoms with van der Waals surface area (Å²) in [4.78, 5) is 33.3. The van der Waals surface area contributed by atoms with Gasteiger partial charge in [-0.15, -0.1) is 0 Å². The van der Waals surface area contributed by atoms with Gasteiger partial charge in [0.25, 0.3) is 0 Å². The van der Waals surface area contributed by atoms with Crippen LogP contribution < -0.4 is 11.1 Å². The molecule has 0 aliphatic heterocycles. The van der Waals surface area contributed by atoms with Crippen molar-refractivity contribution < 1.29 is 19.5 Å². The predicted octanol–water partition coefficient (Wildman–Crippen LogP) is 1.96. The number of nitrogens with one attached hydrogen (secondary N) is 1. The molecular formula is C15H28N2O4. The average molecular weight is 300 g/mol. The minimum atomic E-state index is -1.14. The highest BCUT2D eigenvalue weighted by molar-refractivity contribution is 5.84. The number of primary amides is 1. The monoisotopic (exact) mass is 300 g/mol. The van der Waals surface area contributed by atoms with Crippen molar-refractivity contribution in [2.24, 2.45) is 5.73 Å². The number of amides is 2. The molecule has 0 aromatic heterocycles. The summed E-state index contributed by atoms with van der Waals surface area (Å²) in [7, 11) is 0. The van der Waals surface area contributed by atoms with Crippen molar-refractivity contribution in [3.63, 3.8) is 0 Å². The number of rotatable bonds is 13. The molecule has 0 aliphatic carbocycles. The summed E-state index contributed by atoms with van der Waals surface area (Å²) < 4.78 is 0. The third-order valence-electron chi connectivity index (χ3n) is 3.32. The number of hydrogen-bond acceptors (Lipinski definition) is 3. The van der Waals surface area contributed by atoms with Gasteiger partial charge in [-0.25, -0.2) is 4.79 Å². The average Bonchev–Trinajstić information content (AvgIpc) is 2.41. The van der Waals surface area contributed by atoms with Gasteiger partial charge in [-0.05, 0) is 12.8 Å². The third kappa shape index (κ3) is 11.9. The quantitative estimate of drug-likeness (QED) is 0.452. The molecule has 6 nitrogen and oxygen atoms in total. The Hall–Kier alpha value is -1.59. The zero-order valence-electron chi connectivity index (χ0n) is 12.9. The van der Waals surface area contributed by atoms with Crippen molar-refractivity contribution in [1.29, 1.82) is 0 Å². The van der Waals surface area contributed by atoms with Crippen molar-refractivity contribution >= 4 is 17.8 Å². The SMILES string of the molecule is CCCCCCCCCC(=O)NC(CCC(N)=O)C(=O)O. The molecule has 2 amide bonds. The fraction of sp³-hybridized carbons (Fsp3) is 0.800. The predicted molar refractivity (Wildman–Crippen MR) is 80.6 cm³/mol. The van der Waals surface area contributed by atoms with Crippen LogP contribution in [0.25, 0.3) is 0 Å². The van der Waals surface area contributed by atoms with Gasteiger partial charge in [0.2, 0.25) is 11.8 Å². The molecule has 0 rings (SSSR count). The Balaban J connectivity index is 3.78. The summed E-state index contributed by atoms with van der Waals surface area (Å²) in [5.41, 5.74) is 4.98. The van der Waals surface area contributed by atoms with Crippen LogP contribution in [0.1, 0.15) is 71.1 Å². The molecular weight excluding hydrogens is 272 g/mol. The minimum Gasteiger partial charge on any atom is -0.480 e. The summed E-state index contributed by atoms with van der Waals surface area (Å²) in [6, 6.07) is -1.03. The molecule has 0 fully saturated rings. The number of unbranched alkanes of at least 4 members (excludes halogenated alkanes) is 6. The summed E-state index contributed by atoms with van der Waals surface area (Å²) >= 11 is 0. The van der Waals surface area contributed by atoms with E-state index in [0.717, 1.165) is 19.3 Å². The van der Waals surface area contributed by atoms with Crippen molar-refractivity contribution in [1.82, 2.24) is 5.32 Å². The number of hydrogen-bond donors (Lipinski definition) is 3. The van der Waals surface area contributed by atoms with Gasteiger partial charge in [0.15, 0.2) is 0 Å². The number of aliphatic carboxylic acids is 1. The number of carboxylic acid groups (broad SMARTS) is 1. The standard InChI is InChI=1S/C15H28N2O4/c1-2-3-4-5-6-7-8-9-14(19)17-12(15(20)21)10-11-13(16)18/h12H,2-11H2,1H3,(H2,16,18)(H,17,19)(H,20,21). The molecule has 0 aromatic rings. The molecule has 0 aromatic carbocycles. The lowest BCUT2D eigenvalue weighted by Gasteiger charge is -2.13. The molecule has 0 heterocycles. The molecule has 0 radical (unpaired) electrons. The molecule has 21 heavy (non-hydrogen) atoms. The van der Waals surface area contributed by atoms with Gasteiger partial charge < -0.3 is 16.2 Å². The Morgan fingerprint density at radius 2 is 1.57 bits per heavy atom. The van der Waals surface area contributed by atoms with Crippen molar-refractivity contribution in [3.8, 4) is 0 Å². The van der Waals surface area contributed by atoms with E-state index in [1.807, 2.05) is 0 Å². The van der Waals surface area contributed by atoms with Gasteiger partial charge >= 0.3 is 5.97 Å². The maximum atomic E-state index is 11.6. The Bertz CT molecular complexity index is 332. The smallest absolute Gasteiger partial charge is 0.326 e. The normalized spacial score (nSPS) is 11.9. The van der Waals surface area contributed by atoms with Crippen molar-refractivity contribution in [2.75, 3.05) is 0 Å². The van der Waals surface area contributed by atoms with E-state index in [1.165, 1.54) is 25.7 Å². The Kier molecular flexibility index (Phi) is 11.3. The highest BCUT2D eigenvalue weighted by atomic mass is 16.4. The molecule has 0 saturated heterocycles. The van der Waals surface area contributed by atoms with Crippen LogP contribution in [0.4, 0.5) is 0 Å². The van der Waals surface area contributed by atoms with Gasteiger partial charge in [-0.1, -0.05) is 45.4 Å². The van der Waals surface area contributed by atoms with E-state index in [0.29, 0.717) is 6.42 Å². The second-order valence-electron chi connectivity index (χ2n) is 5.33. The second kappa shape index (κ2) is 12.2. The van der Waals surface area contributed by atoms with Crippen LogP contribution in [0.5, 0.6) is 0 Å². The molecule has 0 spiro atoms. The molecule has 1 atom stereocenters. The third-order valence-corrected chi connectivity index (χ3v) is 3.32. The fourth-order valence-corrected chi connectivity index (χ4v) is 2.05. The number of carboxylic acids is 1. The Morgan fingerprint density at radius 1 is 1.00 bits per heavy atom. The lowest BCUT2D eigenvalue weighted by atomic mass is 10.1. The first-order valence-corrected chi connectivity index (χ1v) is 7.77. The minimum absolute atomic E-state index is 0.0351. The van der Waals surface area contributed by atoms with Crippen LogP contribution in [-0.4, -0.2) is 28.9 Å². The van der Waals surface area contributed by atoms with E-state index in [9.17, 15) is 14.4 Å². The van der Waals surface area contributed by atoms with E-state index < -0.39 is 17.9 Å². The van der Waals surface area contributed by atoms with Gasteiger partial charge in [0.05, 0.1) is 0 Å². The molecule has 0 saturated carbocycles. The maximum absolute atomic E-state index is 11.6. The number of carbonyl (C=O) groups is 3. The van der Waals surface area contributed by atoms with Crippen LogP contribution in [-0.2, 0) is 14.4 Å². The summed E-state index contributed by atoms with van der Waals surface area (Å²) in [5.74, 6) is -1.98. The molecule has 1 unspecified atom stereocenters. The van der Waals surface area contributed by atoms with Crippen LogP contribution in [0.15, 0.2) is 0 Å². The van der Waals surface area contributed by atoms with Gasteiger partial charge in [0.1, 0.15) is 6.04 Å². The van der Waals surface area contributed by atoms with Crippen LogP contribution >= 0.6 is 0 Å². The zero-order chi connectivity index (χ0) is 16.1. The highest BCUT2D eigenvalue weighted by Gasteiger charge is 2.19. The van der Waals surface area contributed by atoms with Crippen molar-refractivity contribution in [2.45, 2.75) is 77.2 Å². The van der Waals surface area contributed by atoms with Crippen LogP contribution in [0, 0.1) is 0 Å². The second-order valence-corrected chi connectivity index (χ2v) is 5.33. The summed E-state index contributed by atoms with van der Waals surface area (Å²) in [6.07, 6.45) is 8.05. The lowest BCUT2D eigenvalue weighted by molar-refractivity contribution is -0.142. The Labute approximate surface area is 126 Å². The first-order chi connectivity index (χ1) is 9.97. The topological polar surface area (TPSA) is 109 Å². The molecule has 4 N–H and O–H groups in total. The van der Waals surface area contributed by atoms with Crippen molar-refractivity contribution in [3.05, 3.63) is 0 Å². The van der Waals surface area contributed by atoms with Crippen LogP contribution in [0.2, 0.25) is 0 Å².